The van der Waals surface area contributed by atoms with Crippen LogP contribution in [-0.2, 0) is 19.1 Å². The number of aliphatic hydroxyl groups is 2. The molecule has 20 heavy (non-hydrogen) atoms. The van der Waals surface area contributed by atoms with Crippen LogP contribution in [0.15, 0.2) is 0 Å². The van der Waals surface area contributed by atoms with Gasteiger partial charge < -0.3 is 19.7 Å². The van der Waals surface area contributed by atoms with Crippen LogP contribution < -0.4 is 0 Å². The fourth-order valence-corrected chi connectivity index (χ4v) is 2.24. The van der Waals surface area contributed by atoms with Gasteiger partial charge in [0.25, 0.3) is 0 Å². The standard InChI is InChI=1S/C14H24O6/c1-3-11(9-8-10(2)15)14(18)19-12(16)6-4-5-7-13(17)20-14/h10-11,15,18H,3-9H2,1-2H3. The van der Waals surface area contributed by atoms with Gasteiger partial charge in [-0.15, -0.1) is 0 Å². The van der Waals surface area contributed by atoms with Gasteiger partial charge in [0, 0.05) is 12.8 Å². The molecule has 1 heterocycles. The van der Waals surface area contributed by atoms with Gasteiger partial charge in [-0.3, -0.25) is 9.59 Å². The molecule has 0 aromatic heterocycles. The highest BCUT2D eigenvalue weighted by molar-refractivity contribution is 5.72. The predicted molar refractivity (Wildman–Crippen MR) is 70.3 cm³/mol. The average molecular weight is 288 g/mol. The zero-order valence-corrected chi connectivity index (χ0v) is 12.1. The number of rotatable bonds is 5. The Morgan fingerprint density at radius 1 is 1.15 bits per heavy atom. The number of carbonyl (C=O) groups excluding carboxylic acids is 2. The molecular weight excluding hydrogens is 264 g/mol. The van der Waals surface area contributed by atoms with E-state index in [1.807, 2.05) is 0 Å². The summed E-state index contributed by atoms with van der Waals surface area (Å²) in [5.41, 5.74) is 0. The Bertz CT molecular complexity index is 319. The molecule has 1 aliphatic rings. The number of hydrogen-bond acceptors (Lipinski definition) is 6. The second kappa shape index (κ2) is 7.59. The first-order valence-corrected chi connectivity index (χ1v) is 7.21. The number of aliphatic hydroxyl groups excluding tert-OH is 1. The van der Waals surface area contributed by atoms with E-state index in [4.69, 9.17) is 9.47 Å². The molecule has 0 saturated carbocycles. The summed E-state index contributed by atoms with van der Waals surface area (Å²) in [7, 11) is 0. The number of esters is 2. The summed E-state index contributed by atoms with van der Waals surface area (Å²) in [6, 6.07) is 0. The molecule has 6 nitrogen and oxygen atoms in total. The second-order valence-corrected chi connectivity index (χ2v) is 5.32. The Labute approximate surface area is 119 Å². The quantitative estimate of drug-likeness (QED) is 0.744. The lowest BCUT2D eigenvalue weighted by Gasteiger charge is -2.33. The Balaban J connectivity index is 2.84. The minimum absolute atomic E-state index is 0.159. The van der Waals surface area contributed by atoms with Crippen molar-refractivity contribution in [2.24, 2.45) is 5.92 Å². The highest BCUT2D eigenvalue weighted by atomic mass is 16.8. The van der Waals surface area contributed by atoms with E-state index in [-0.39, 0.29) is 12.8 Å². The molecule has 2 N–H and O–H groups in total. The zero-order chi connectivity index (χ0) is 15.2. The van der Waals surface area contributed by atoms with Gasteiger partial charge in [0.2, 0.25) is 0 Å². The molecule has 1 rings (SSSR count). The van der Waals surface area contributed by atoms with E-state index in [1.54, 1.807) is 13.8 Å². The number of carbonyl (C=O) groups is 2. The lowest BCUT2D eigenvalue weighted by molar-refractivity contribution is -0.351. The first-order valence-electron chi connectivity index (χ1n) is 7.21. The number of hydrogen-bond donors (Lipinski definition) is 2. The van der Waals surface area contributed by atoms with Crippen LogP contribution in [0.1, 0.15) is 58.8 Å². The van der Waals surface area contributed by atoms with Crippen molar-refractivity contribution >= 4 is 11.9 Å². The van der Waals surface area contributed by atoms with Gasteiger partial charge in [-0.25, -0.2) is 0 Å². The third-order valence-corrected chi connectivity index (χ3v) is 3.47. The molecule has 1 fully saturated rings. The minimum Gasteiger partial charge on any atom is -0.398 e. The summed E-state index contributed by atoms with van der Waals surface area (Å²) < 4.78 is 10.0. The Kier molecular flexibility index (Phi) is 6.42. The molecule has 2 atom stereocenters. The van der Waals surface area contributed by atoms with Gasteiger partial charge >= 0.3 is 17.9 Å². The Hall–Kier alpha value is -1.14. The Morgan fingerprint density at radius 3 is 2.05 bits per heavy atom. The summed E-state index contributed by atoms with van der Waals surface area (Å²) in [5, 5.41) is 19.8. The SMILES string of the molecule is CCC(CCC(C)O)C1(O)OC(=O)CCCCC(=O)O1. The highest BCUT2D eigenvalue weighted by Gasteiger charge is 2.44. The van der Waals surface area contributed by atoms with Crippen molar-refractivity contribution in [1.29, 1.82) is 0 Å². The van der Waals surface area contributed by atoms with E-state index in [0.717, 1.165) is 0 Å². The molecule has 0 bridgehead atoms. The summed E-state index contributed by atoms with van der Waals surface area (Å²) in [5.74, 6) is -3.92. The predicted octanol–water partition coefficient (Wildman–Crippen LogP) is 1.48. The first kappa shape index (κ1) is 16.9. The van der Waals surface area contributed by atoms with Crippen molar-refractivity contribution in [1.82, 2.24) is 0 Å². The van der Waals surface area contributed by atoms with Gasteiger partial charge in [0.15, 0.2) is 0 Å². The summed E-state index contributed by atoms with van der Waals surface area (Å²) >= 11 is 0. The number of cyclic esters (lactones) is 2. The molecule has 0 aliphatic carbocycles. The maximum Gasteiger partial charge on any atom is 0.376 e. The van der Waals surface area contributed by atoms with E-state index in [0.29, 0.717) is 32.1 Å². The molecule has 116 valence electrons. The maximum absolute atomic E-state index is 11.6. The molecule has 0 aromatic rings. The van der Waals surface area contributed by atoms with Crippen LogP contribution in [0.4, 0.5) is 0 Å². The second-order valence-electron chi connectivity index (χ2n) is 5.32. The lowest BCUT2D eigenvalue weighted by Crippen LogP contribution is -2.46. The molecule has 0 amide bonds. The first-order chi connectivity index (χ1) is 9.37. The van der Waals surface area contributed by atoms with Crippen LogP contribution in [0, 0.1) is 5.92 Å². The van der Waals surface area contributed by atoms with E-state index < -0.39 is 29.9 Å². The monoisotopic (exact) mass is 288 g/mol. The van der Waals surface area contributed by atoms with Gasteiger partial charge in [-0.05, 0) is 39.0 Å². The maximum atomic E-state index is 11.6. The molecule has 0 spiro atoms. The average Bonchev–Trinajstić information content (AvgIpc) is 2.39. The zero-order valence-electron chi connectivity index (χ0n) is 12.1. The lowest BCUT2D eigenvalue weighted by atomic mass is 9.96. The van der Waals surface area contributed by atoms with Crippen molar-refractivity contribution in [2.45, 2.75) is 70.9 Å². The molecule has 2 unspecified atom stereocenters. The molecule has 1 aliphatic heterocycles. The van der Waals surface area contributed by atoms with Crippen molar-refractivity contribution in [3.63, 3.8) is 0 Å². The summed E-state index contributed by atoms with van der Waals surface area (Å²) in [4.78, 5) is 23.3. The molecular formula is C14H24O6. The van der Waals surface area contributed by atoms with Crippen molar-refractivity contribution in [3.8, 4) is 0 Å². The van der Waals surface area contributed by atoms with E-state index in [2.05, 4.69) is 0 Å². The summed E-state index contributed by atoms with van der Waals surface area (Å²) in [6.07, 6.45) is 2.14. The van der Waals surface area contributed by atoms with Gasteiger partial charge in [-0.2, -0.15) is 0 Å². The van der Waals surface area contributed by atoms with Crippen molar-refractivity contribution < 1.29 is 29.3 Å². The van der Waals surface area contributed by atoms with Crippen molar-refractivity contribution in [2.75, 3.05) is 0 Å². The van der Waals surface area contributed by atoms with Gasteiger partial charge in [0.1, 0.15) is 0 Å². The van der Waals surface area contributed by atoms with Crippen LogP contribution in [-0.4, -0.2) is 34.2 Å². The third kappa shape index (κ3) is 5.09. The van der Waals surface area contributed by atoms with Gasteiger partial charge in [-0.1, -0.05) is 6.92 Å². The van der Waals surface area contributed by atoms with E-state index in [1.165, 1.54) is 0 Å². The van der Waals surface area contributed by atoms with Gasteiger partial charge in [0.05, 0.1) is 12.0 Å². The van der Waals surface area contributed by atoms with Crippen molar-refractivity contribution in [3.05, 3.63) is 0 Å². The normalized spacial score (nSPS) is 22.8. The molecule has 0 radical (unpaired) electrons. The fourth-order valence-electron chi connectivity index (χ4n) is 2.24. The molecule has 0 aromatic carbocycles. The Morgan fingerprint density at radius 2 is 1.65 bits per heavy atom. The highest BCUT2D eigenvalue weighted by Crippen LogP contribution is 2.31. The largest absolute Gasteiger partial charge is 0.398 e. The molecule has 1 saturated heterocycles. The van der Waals surface area contributed by atoms with Crippen LogP contribution in [0.25, 0.3) is 0 Å². The third-order valence-electron chi connectivity index (χ3n) is 3.47. The topological polar surface area (TPSA) is 93.1 Å². The summed E-state index contributed by atoms with van der Waals surface area (Å²) in [6.45, 7) is 3.44. The number of ether oxygens (including phenoxy) is 2. The molecule has 6 heteroatoms. The van der Waals surface area contributed by atoms with Crippen LogP contribution in [0.5, 0.6) is 0 Å². The van der Waals surface area contributed by atoms with Crippen LogP contribution in [0.2, 0.25) is 0 Å². The smallest absolute Gasteiger partial charge is 0.376 e. The minimum atomic E-state index is -2.22. The van der Waals surface area contributed by atoms with E-state index in [9.17, 15) is 19.8 Å². The van der Waals surface area contributed by atoms with Crippen LogP contribution in [0.3, 0.4) is 0 Å². The van der Waals surface area contributed by atoms with Crippen LogP contribution >= 0.6 is 0 Å². The van der Waals surface area contributed by atoms with E-state index >= 15 is 0 Å². The fraction of sp³-hybridized carbons (Fsp3) is 0.857.